The Balaban J connectivity index is 1.51. The lowest BCUT2D eigenvalue weighted by Crippen LogP contribution is -2.47. The number of para-hydroxylation sites is 1. The number of furan rings is 1. The molecular weight excluding hydrogens is 364 g/mol. The zero-order valence-electron chi connectivity index (χ0n) is 16.7. The second-order valence-electron chi connectivity index (χ2n) is 7.33. The molecule has 2 heterocycles. The summed E-state index contributed by atoms with van der Waals surface area (Å²) >= 11 is 0. The van der Waals surface area contributed by atoms with Gasteiger partial charge in [-0.1, -0.05) is 18.2 Å². The summed E-state index contributed by atoms with van der Waals surface area (Å²) in [6, 6.07) is 21.4. The number of methoxy groups -OCH3 is 1. The van der Waals surface area contributed by atoms with E-state index in [0.717, 1.165) is 49.7 Å². The second-order valence-corrected chi connectivity index (χ2v) is 7.33. The standard InChI is InChI=1S/C24H26N2O3/c1-28-22-11-9-19(10-12-22)24(27)26(20-6-3-2-4-7-20)21-13-15-25(16-14-21)18-23-8-5-17-29-23/h2-12,17,21H,13-16,18H2,1H3. The third-order valence-electron chi connectivity index (χ3n) is 5.47. The van der Waals surface area contributed by atoms with Crippen molar-refractivity contribution in [1.29, 1.82) is 0 Å². The van der Waals surface area contributed by atoms with E-state index in [0.29, 0.717) is 5.56 Å². The average Bonchev–Trinajstić information content (AvgIpc) is 3.29. The number of nitrogens with zero attached hydrogens (tertiary/aromatic N) is 2. The van der Waals surface area contributed by atoms with E-state index in [-0.39, 0.29) is 11.9 Å². The van der Waals surface area contributed by atoms with Crippen LogP contribution in [0.3, 0.4) is 0 Å². The van der Waals surface area contributed by atoms with Crippen molar-refractivity contribution in [2.24, 2.45) is 0 Å². The molecule has 0 atom stereocenters. The SMILES string of the molecule is COc1ccc(C(=O)N(c2ccccc2)C2CCN(Cc3ccco3)CC2)cc1. The Kier molecular flexibility index (Phi) is 5.96. The van der Waals surface area contributed by atoms with Gasteiger partial charge in [-0.15, -0.1) is 0 Å². The molecule has 0 spiro atoms. The highest BCUT2D eigenvalue weighted by Crippen LogP contribution is 2.27. The number of rotatable bonds is 6. The van der Waals surface area contributed by atoms with Gasteiger partial charge in [0.05, 0.1) is 19.9 Å². The van der Waals surface area contributed by atoms with Crippen LogP contribution in [-0.4, -0.2) is 37.0 Å². The largest absolute Gasteiger partial charge is 0.497 e. The molecule has 1 fully saturated rings. The number of hydrogen-bond acceptors (Lipinski definition) is 4. The molecule has 4 rings (SSSR count). The van der Waals surface area contributed by atoms with Crippen LogP contribution in [0.5, 0.6) is 5.75 Å². The number of carbonyl (C=O) groups is 1. The summed E-state index contributed by atoms with van der Waals surface area (Å²) in [5.74, 6) is 1.76. The summed E-state index contributed by atoms with van der Waals surface area (Å²) in [6.45, 7) is 2.69. The predicted octanol–water partition coefficient (Wildman–Crippen LogP) is 4.60. The summed E-state index contributed by atoms with van der Waals surface area (Å²) < 4.78 is 10.7. The van der Waals surface area contributed by atoms with Crippen LogP contribution in [0.25, 0.3) is 0 Å². The predicted molar refractivity (Wildman–Crippen MR) is 113 cm³/mol. The van der Waals surface area contributed by atoms with Crippen LogP contribution in [0.15, 0.2) is 77.4 Å². The lowest BCUT2D eigenvalue weighted by atomic mass is 10.0. The molecule has 3 aromatic rings. The number of carbonyl (C=O) groups excluding carboxylic acids is 1. The first-order valence-corrected chi connectivity index (χ1v) is 10.0. The smallest absolute Gasteiger partial charge is 0.258 e. The molecule has 1 amide bonds. The third kappa shape index (κ3) is 4.51. The molecule has 1 aromatic heterocycles. The average molecular weight is 390 g/mol. The maximum absolute atomic E-state index is 13.4. The van der Waals surface area contributed by atoms with Crippen molar-refractivity contribution in [1.82, 2.24) is 4.90 Å². The molecular formula is C24H26N2O3. The van der Waals surface area contributed by atoms with Crippen molar-refractivity contribution >= 4 is 11.6 Å². The van der Waals surface area contributed by atoms with Gasteiger partial charge in [0.2, 0.25) is 0 Å². The van der Waals surface area contributed by atoms with Crippen LogP contribution in [0.4, 0.5) is 5.69 Å². The Labute approximate surface area is 171 Å². The van der Waals surface area contributed by atoms with Crippen molar-refractivity contribution in [2.45, 2.75) is 25.4 Å². The number of amides is 1. The molecule has 0 bridgehead atoms. The van der Waals surface area contributed by atoms with E-state index in [2.05, 4.69) is 4.90 Å². The minimum Gasteiger partial charge on any atom is -0.497 e. The molecule has 5 heteroatoms. The number of piperidine rings is 1. The summed E-state index contributed by atoms with van der Waals surface area (Å²) in [4.78, 5) is 17.8. The minimum absolute atomic E-state index is 0.0309. The normalized spacial score (nSPS) is 15.2. The molecule has 0 unspecified atom stereocenters. The van der Waals surface area contributed by atoms with Gasteiger partial charge in [-0.3, -0.25) is 9.69 Å². The van der Waals surface area contributed by atoms with E-state index in [9.17, 15) is 4.79 Å². The van der Waals surface area contributed by atoms with Gasteiger partial charge in [0.1, 0.15) is 11.5 Å². The van der Waals surface area contributed by atoms with Crippen LogP contribution in [0.2, 0.25) is 0 Å². The van der Waals surface area contributed by atoms with Crippen molar-refractivity contribution in [3.05, 3.63) is 84.3 Å². The van der Waals surface area contributed by atoms with Crippen molar-refractivity contribution in [3.63, 3.8) is 0 Å². The number of ether oxygens (including phenoxy) is 1. The Hall–Kier alpha value is -3.05. The lowest BCUT2D eigenvalue weighted by Gasteiger charge is -2.38. The highest BCUT2D eigenvalue weighted by Gasteiger charge is 2.30. The first-order chi connectivity index (χ1) is 14.2. The number of likely N-dealkylation sites (tertiary alicyclic amines) is 1. The zero-order chi connectivity index (χ0) is 20.1. The molecule has 29 heavy (non-hydrogen) atoms. The fourth-order valence-electron chi connectivity index (χ4n) is 3.91. The highest BCUT2D eigenvalue weighted by atomic mass is 16.5. The van der Waals surface area contributed by atoms with E-state index in [1.165, 1.54) is 0 Å². The first kappa shape index (κ1) is 19.3. The van der Waals surface area contributed by atoms with Crippen LogP contribution in [0.1, 0.15) is 29.0 Å². The molecule has 0 radical (unpaired) electrons. The number of hydrogen-bond donors (Lipinski definition) is 0. The molecule has 1 saturated heterocycles. The van der Waals surface area contributed by atoms with Gasteiger partial charge in [-0.2, -0.15) is 0 Å². The Bertz CT molecular complexity index is 899. The fourth-order valence-corrected chi connectivity index (χ4v) is 3.91. The van der Waals surface area contributed by atoms with E-state index in [1.54, 1.807) is 13.4 Å². The van der Waals surface area contributed by atoms with Crippen LogP contribution in [0, 0.1) is 0 Å². The minimum atomic E-state index is 0.0309. The second kappa shape index (κ2) is 8.97. The molecule has 0 aliphatic carbocycles. The van der Waals surface area contributed by atoms with E-state index in [1.807, 2.05) is 71.6 Å². The van der Waals surface area contributed by atoms with Gasteiger partial charge in [0, 0.05) is 30.4 Å². The van der Waals surface area contributed by atoms with Crippen molar-refractivity contribution in [2.75, 3.05) is 25.1 Å². The van der Waals surface area contributed by atoms with Crippen LogP contribution >= 0.6 is 0 Å². The third-order valence-corrected chi connectivity index (χ3v) is 5.47. The molecule has 0 saturated carbocycles. The molecule has 1 aliphatic heterocycles. The summed E-state index contributed by atoms with van der Waals surface area (Å²) in [7, 11) is 1.63. The zero-order valence-corrected chi connectivity index (χ0v) is 16.7. The molecule has 150 valence electrons. The topological polar surface area (TPSA) is 45.9 Å². The van der Waals surface area contributed by atoms with E-state index >= 15 is 0 Å². The Morgan fingerprint density at radius 3 is 2.38 bits per heavy atom. The van der Waals surface area contributed by atoms with Gasteiger partial charge in [-0.25, -0.2) is 0 Å². The van der Waals surface area contributed by atoms with Crippen LogP contribution < -0.4 is 9.64 Å². The number of benzene rings is 2. The molecule has 2 aromatic carbocycles. The maximum Gasteiger partial charge on any atom is 0.258 e. The molecule has 5 nitrogen and oxygen atoms in total. The summed E-state index contributed by atoms with van der Waals surface area (Å²) in [5.41, 5.74) is 1.62. The monoisotopic (exact) mass is 390 g/mol. The van der Waals surface area contributed by atoms with Crippen molar-refractivity contribution < 1.29 is 13.9 Å². The summed E-state index contributed by atoms with van der Waals surface area (Å²) in [6.07, 6.45) is 3.57. The molecule has 0 N–H and O–H groups in total. The maximum atomic E-state index is 13.4. The van der Waals surface area contributed by atoms with Gasteiger partial charge >= 0.3 is 0 Å². The van der Waals surface area contributed by atoms with Gasteiger partial charge in [-0.05, 0) is 61.4 Å². The Morgan fingerprint density at radius 2 is 1.76 bits per heavy atom. The van der Waals surface area contributed by atoms with Crippen molar-refractivity contribution in [3.8, 4) is 5.75 Å². The fraction of sp³-hybridized carbons (Fsp3) is 0.292. The molecule has 1 aliphatic rings. The highest BCUT2D eigenvalue weighted by molar-refractivity contribution is 6.06. The van der Waals surface area contributed by atoms with Crippen LogP contribution in [-0.2, 0) is 6.54 Å². The summed E-state index contributed by atoms with van der Waals surface area (Å²) in [5, 5.41) is 0. The van der Waals surface area contributed by atoms with Gasteiger partial charge in [0.15, 0.2) is 0 Å². The van der Waals surface area contributed by atoms with Gasteiger partial charge in [0.25, 0.3) is 5.91 Å². The Morgan fingerprint density at radius 1 is 1.03 bits per heavy atom. The number of anilines is 1. The van der Waals surface area contributed by atoms with E-state index < -0.39 is 0 Å². The van der Waals surface area contributed by atoms with Gasteiger partial charge < -0.3 is 14.1 Å². The van der Waals surface area contributed by atoms with E-state index in [4.69, 9.17) is 9.15 Å². The first-order valence-electron chi connectivity index (χ1n) is 10.0. The quantitative estimate of drug-likeness (QED) is 0.617. The lowest BCUT2D eigenvalue weighted by molar-refractivity contribution is 0.0957.